The molecule has 1 amide bonds. The molecule has 1 aromatic rings. The number of nitrogens with one attached hydrogen (secondary N) is 1. The minimum Gasteiger partial charge on any atom is -0.493 e. The van der Waals surface area contributed by atoms with E-state index < -0.39 is 17.9 Å². The third-order valence-electron chi connectivity index (χ3n) is 3.34. The van der Waals surface area contributed by atoms with Crippen LogP contribution in [0.2, 0.25) is 0 Å². The lowest BCUT2D eigenvalue weighted by atomic mass is 10.2. The number of allylic oxidation sites excluding steroid dienone is 1. The predicted molar refractivity (Wildman–Crippen MR) is 100 cm³/mol. The SMILES string of the molecule is C/C=C/c1ccc(OCC(=O)N[C@H](CCSC)C(=O)OC)c(OC)c1. The molecule has 0 radical (unpaired) electrons. The largest absolute Gasteiger partial charge is 0.493 e. The fourth-order valence-corrected chi connectivity index (χ4v) is 2.58. The average Bonchev–Trinajstić information content (AvgIpc) is 2.63. The number of thioether (sulfide) groups is 1. The Bertz CT molecular complexity index is 603. The third kappa shape index (κ3) is 7.09. The maximum atomic E-state index is 12.1. The molecule has 1 atom stereocenters. The highest BCUT2D eigenvalue weighted by Crippen LogP contribution is 2.28. The predicted octanol–water partition coefficient (Wildman–Crippen LogP) is 2.52. The van der Waals surface area contributed by atoms with Crippen LogP contribution in [0.4, 0.5) is 0 Å². The Morgan fingerprint density at radius 2 is 2.04 bits per heavy atom. The van der Waals surface area contributed by atoms with Gasteiger partial charge in [-0.2, -0.15) is 11.8 Å². The molecule has 0 aliphatic carbocycles. The van der Waals surface area contributed by atoms with Crippen molar-refractivity contribution in [2.45, 2.75) is 19.4 Å². The van der Waals surface area contributed by atoms with Crippen molar-refractivity contribution in [3.05, 3.63) is 29.8 Å². The van der Waals surface area contributed by atoms with Gasteiger partial charge in [-0.25, -0.2) is 4.79 Å². The number of rotatable bonds is 10. The Hall–Kier alpha value is -2.15. The van der Waals surface area contributed by atoms with E-state index in [4.69, 9.17) is 14.2 Å². The van der Waals surface area contributed by atoms with Gasteiger partial charge in [-0.1, -0.05) is 18.2 Å². The molecule has 0 heterocycles. The number of carbonyl (C=O) groups is 2. The number of esters is 1. The van der Waals surface area contributed by atoms with Gasteiger partial charge in [-0.05, 0) is 43.0 Å². The molecule has 0 saturated carbocycles. The Morgan fingerprint density at radius 1 is 1.28 bits per heavy atom. The summed E-state index contributed by atoms with van der Waals surface area (Å²) in [6.07, 6.45) is 6.29. The van der Waals surface area contributed by atoms with E-state index in [0.29, 0.717) is 17.9 Å². The van der Waals surface area contributed by atoms with Crippen LogP contribution in [0, 0.1) is 0 Å². The minimum atomic E-state index is -0.674. The summed E-state index contributed by atoms with van der Waals surface area (Å²) < 4.78 is 15.5. The number of amides is 1. The second-order valence-corrected chi connectivity index (χ2v) is 6.11. The Kier molecular flexibility index (Phi) is 9.54. The zero-order chi connectivity index (χ0) is 18.7. The van der Waals surface area contributed by atoms with Gasteiger partial charge < -0.3 is 19.5 Å². The number of methoxy groups -OCH3 is 2. The molecular weight excluding hydrogens is 342 g/mol. The van der Waals surface area contributed by atoms with Crippen LogP contribution < -0.4 is 14.8 Å². The second kappa shape index (κ2) is 11.4. The molecule has 0 saturated heterocycles. The number of benzene rings is 1. The molecule has 0 spiro atoms. The van der Waals surface area contributed by atoms with E-state index in [0.717, 1.165) is 11.3 Å². The lowest BCUT2D eigenvalue weighted by molar-refractivity contribution is -0.145. The van der Waals surface area contributed by atoms with Crippen molar-refractivity contribution in [1.29, 1.82) is 0 Å². The molecule has 0 aliphatic rings. The second-order valence-electron chi connectivity index (χ2n) is 5.12. The monoisotopic (exact) mass is 367 g/mol. The molecular formula is C18H25NO5S. The maximum Gasteiger partial charge on any atom is 0.328 e. The van der Waals surface area contributed by atoms with Gasteiger partial charge >= 0.3 is 5.97 Å². The van der Waals surface area contributed by atoms with Crippen molar-refractivity contribution in [2.75, 3.05) is 32.8 Å². The summed E-state index contributed by atoms with van der Waals surface area (Å²) in [7, 11) is 2.84. The summed E-state index contributed by atoms with van der Waals surface area (Å²) in [6.45, 7) is 1.71. The fraction of sp³-hybridized carbons (Fsp3) is 0.444. The summed E-state index contributed by atoms with van der Waals surface area (Å²) in [4.78, 5) is 23.8. The van der Waals surface area contributed by atoms with Gasteiger partial charge in [0.05, 0.1) is 14.2 Å². The van der Waals surface area contributed by atoms with Crippen LogP contribution in [0.25, 0.3) is 6.08 Å². The summed E-state index contributed by atoms with van der Waals surface area (Å²) in [5.74, 6) is 0.882. The van der Waals surface area contributed by atoms with Crippen molar-refractivity contribution in [3.63, 3.8) is 0 Å². The topological polar surface area (TPSA) is 73.9 Å². The molecule has 1 N–H and O–H groups in total. The van der Waals surface area contributed by atoms with Gasteiger partial charge in [-0.15, -0.1) is 0 Å². The minimum absolute atomic E-state index is 0.216. The van der Waals surface area contributed by atoms with Gasteiger partial charge in [-0.3, -0.25) is 4.79 Å². The summed E-state index contributed by atoms with van der Waals surface area (Å²) in [5.41, 5.74) is 0.971. The maximum absolute atomic E-state index is 12.1. The zero-order valence-corrected chi connectivity index (χ0v) is 15.9. The highest BCUT2D eigenvalue weighted by atomic mass is 32.2. The average molecular weight is 367 g/mol. The van der Waals surface area contributed by atoms with Crippen molar-refractivity contribution in [1.82, 2.24) is 5.32 Å². The van der Waals surface area contributed by atoms with Crippen LogP contribution in [-0.4, -0.2) is 50.8 Å². The lowest BCUT2D eigenvalue weighted by Crippen LogP contribution is -2.43. The Labute approximate surface area is 152 Å². The first-order chi connectivity index (χ1) is 12.0. The first kappa shape index (κ1) is 20.9. The first-order valence-corrected chi connectivity index (χ1v) is 9.24. The van der Waals surface area contributed by atoms with Crippen LogP contribution >= 0.6 is 11.8 Å². The number of carbonyl (C=O) groups excluding carboxylic acids is 2. The molecule has 138 valence electrons. The van der Waals surface area contributed by atoms with Gasteiger partial charge in [0.2, 0.25) is 0 Å². The van der Waals surface area contributed by atoms with E-state index in [1.165, 1.54) is 14.2 Å². The Balaban J connectivity index is 2.66. The van der Waals surface area contributed by atoms with Crippen molar-refractivity contribution < 1.29 is 23.8 Å². The van der Waals surface area contributed by atoms with E-state index in [1.54, 1.807) is 17.8 Å². The molecule has 0 unspecified atom stereocenters. The summed E-state index contributed by atoms with van der Waals surface area (Å²) in [6, 6.07) is 4.76. The van der Waals surface area contributed by atoms with Gasteiger partial charge in [0.15, 0.2) is 18.1 Å². The van der Waals surface area contributed by atoms with Crippen molar-refractivity contribution in [3.8, 4) is 11.5 Å². The van der Waals surface area contributed by atoms with Gasteiger partial charge in [0.25, 0.3) is 5.91 Å². The van der Waals surface area contributed by atoms with Gasteiger partial charge in [0.1, 0.15) is 6.04 Å². The molecule has 1 aromatic carbocycles. The highest BCUT2D eigenvalue weighted by Gasteiger charge is 2.21. The molecule has 0 aromatic heterocycles. The van der Waals surface area contributed by atoms with Crippen LogP contribution in [-0.2, 0) is 14.3 Å². The molecule has 0 aliphatic heterocycles. The number of hydrogen-bond donors (Lipinski definition) is 1. The van der Waals surface area contributed by atoms with E-state index in [-0.39, 0.29) is 6.61 Å². The quantitative estimate of drug-likeness (QED) is 0.641. The van der Waals surface area contributed by atoms with Crippen LogP contribution in [0.1, 0.15) is 18.9 Å². The smallest absolute Gasteiger partial charge is 0.328 e. The molecule has 0 fully saturated rings. The molecule has 25 heavy (non-hydrogen) atoms. The Morgan fingerprint density at radius 3 is 2.64 bits per heavy atom. The standard InChI is InChI=1S/C18H25NO5S/c1-5-6-13-7-8-15(16(11-13)22-2)24-12-17(20)19-14(9-10-25-4)18(21)23-3/h5-8,11,14H,9-10,12H2,1-4H3,(H,19,20)/b6-5+/t14-/m1/s1. The number of hydrogen-bond acceptors (Lipinski definition) is 6. The van der Waals surface area contributed by atoms with E-state index in [2.05, 4.69) is 5.32 Å². The van der Waals surface area contributed by atoms with Gasteiger partial charge in [0, 0.05) is 0 Å². The zero-order valence-electron chi connectivity index (χ0n) is 15.0. The van der Waals surface area contributed by atoms with E-state index in [1.807, 2.05) is 37.5 Å². The molecule has 6 nitrogen and oxygen atoms in total. The van der Waals surface area contributed by atoms with Crippen molar-refractivity contribution in [2.24, 2.45) is 0 Å². The van der Waals surface area contributed by atoms with Crippen molar-refractivity contribution >= 4 is 29.7 Å². The normalized spacial score (nSPS) is 11.8. The first-order valence-electron chi connectivity index (χ1n) is 7.85. The molecule has 0 bridgehead atoms. The lowest BCUT2D eigenvalue weighted by Gasteiger charge is -2.17. The summed E-state index contributed by atoms with van der Waals surface area (Å²) in [5, 5.41) is 2.64. The number of ether oxygens (including phenoxy) is 3. The van der Waals surface area contributed by atoms with Crippen LogP contribution in [0.15, 0.2) is 24.3 Å². The van der Waals surface area contributed by atoms with E-state index in [9.17, 15) is 9.59 Å². The molecule has 7 heteroatoms. The summed E-state index contributed by atoms with van der Waals surface area (Å²) >= 11 is 1.59. The highest BCUT2D eigenvalue weighted by molar-refractivity contribution is 7.98. The van der Waals surface area contributed by atoms with Crippen LogP contribution in [0.5, 0.6) is 11.5 Å². The van der Waals surface area contributed by atoms with Crippen LogP contribution in [0.3, 0.4) is 0 Å². The molecule has 1 rings (SSSR count). The third-order valence-corrected chi connectivity index (χ3v) is 3.98. The fourth-order valence-electron chi connectivity index (χ4n) is 2.11. The van der Waals surface area contributed by atoms with E-state index >= 15 is 0 Å².